The molecule has 0 aliphatic carbocycles. The van der Waals surface area contributed by atoms with E-state index in [0.717, 1.165) is 10.4 Å². The molecule has 1 fully saturated rings. The van der Waals surface area contributed by atoms with Crippen molar-refractivity contribution in [1.29, 1.82) is 0 Å². The van der Waals surface area contributed by atoms with Crippen LogP contribution in [-0.4, -0.2) is 55.5 Å². The third kappa shape index (κ3) is 5.24. The fourth-order valence-corrected chi connectivity index (χ4v) is 3.68. The maximum atomic E-state index is 12.3. The molecule has 0 bridgehead atoms. The summed E-state index contributed by atoms with van der Waals surface area (Å²) in [6.07, 6.45) is 0.265. The van der Waals surface area contributed by atoms with E-state index in [1.807, 2.05) is 13.0 Å². The topological polar surface area (TPSA) is 72.9 Å². The van der Waals surface area contributed by atoms with Crippen LogP contribution in [0.4, 0.5) is 0 Å². The molecule has 1 saturated heterocycles. The number of carbonyl (C=O) groups excluding carboxylic acids is 3. The number of nitrogens with zero attached hydrogens (tertiary/aromatic N) is 1. The Bertz CT molecular complexity index is 838. The van der Waals surface area contributed by atoms with E-state index in [1.165, 1.54) is 11.3 Å². The summed E-state index contributed by atoms with van der Waals surface area (Å²) in [6.45, 7) is 3.89. The third-order valence-electron chi connectivity index (χ3n) is 4.21. The fraction of sp³-hybridized carbons (Fsp3) is 0.350. The second-order valence-electron chi connectivity index (χ2n) is 6.30. The van der Waals surface area contributed by atoms with Gasteiger partial charge in [-0.05, 0) is 31.2 Å². The molecule has 0 N–H and O–H groups in total. The molecule has 1 aliphatic heterocycles. The smallest absolute Gasteiger partial charge is 0.338 e. The summed E-state index contributed by atoms with van der Waals surface area (Å²) >= 11 is 1.26. The zero-order valence-electron chi connectivity index (χ0n) is 15.1. The van der Waals surface area contributed by atoms with Crippen LogP contribution in [-0.2, 0) is 20.7 Å². The largest absolute Gasteiger partial charge is 0.454 e. The van der Waals surface area contributed by atoms with Crippen molar-refractivity contribution in [3.63, 3.8) is 0 Å². The number of hydrogen-bond acceptors (Lipinski definition) is 6. The monoisotopic (exact) mass is 387 g/mol. The van der Waals surface area contributed by atoms with E-state index in [9.17, 15) is 14.4 Å². The first kappa shape index (κ1) is 19.3. The highest BCUT2D eigenvalue weighted by Gasteiger charge is 2.19. The maximum absolute atomic E-state index is 12.3. The summed E-state index contributed by atoms with van der Waals surface area (Å²) in [5.41, 5.74) is 1.37. The lowest BCUT2D eigenvalue weighted by Crippen LogP contribution is -2.41. The molecule has 0 radical (unpaired) electrons. The lowest BCUT2D eigenvalue weighted by atomic mass is 10.1. The number of ketones is 1. The Morgan fingerprint density at radius 1 is 1.15 bits per heavy atom. The predicted molar refractivity (Wildman–Crippen MR) is 101 cm³/mol. The SMILES string of the molecule is Cc1cccc(C(=O)OCC(=O)c2ccc(CC(=O)N3CCOCC3)s2)c1. The van der Waals surface area contributed by atoms with Crippen LogP contribution in [0.3, 0.4) is 0 Å². The number of esters is 1. The van der Waals surface area contributed by atoms with E-state index < -0.39 is 5.97 Å². The molecule has 7 heteroatoms. The molecule has 0 saturated carbocycles. The molecular formula is C20H21NO5S. The van der Waals surface area contributed by atoms with E-state index in [4.69, 9.17) is 9.47 Å². The first-order valence-corrected chi connectivity index (χ1v) is 9.56. The number of amides is 1. The molecule has 2 heterocycles. The Balaban J connectivity index is 1.52. The average molecular weight is 387 g/mol. The zero-order chi connectivity index (χ0) is 19.2. The van der Waals surface area contributed by atoms with E-state index in [2.05, 4.69) is 0 Å². The van der Waals surface area contributed by atoms with Crippen molar-refractivity contribution in [2.45, 2.75) is 13.3 Å². The molecule has 1 aromatic heterocycles. The highest BCUT2D eigenvalue weighted by Crippen LogP contribution is 2.19. The lowest BCUT2D eigenvalue weighted by Gasteiger charge is -2.26. The first-order valence-electron chi connectivity index (χ1n) is 8.74. The molecule has 1 amide bonds. The Morgan fingerprint density at radius 2 is 1.93 bits per heavy atom. The summed E-state index contributed by atoms with van der Waals surface area (Å²) in [7, 11) is 0. The summed E-state index contributed by atoms with van der Waals surface area (Å²) < 4.78 is 10.4. The van der Waals surface area contributed by atoms with Gasteiger partial charge in [0.25, 0.3) is 0 Å². The van der Waals surface area contributed by atoms with Crippen molar-refractivity contribution in [1.82, 2.24) is 4.90 Å². The van der Waals surface area contributed by atoms with Gasteiger partial charge >= 0.3 is 5.97 Å². The van der Waals surface area contributed by atoms with Crippen LogP contribution < -0.4 is 0 Å². The van der Waals surface area contributed by atoms with Crippen LogP contribution in [0, 0.1) is 6.92 Å². The Kier molecular flexibility index (Phi) is 6.36. The Labute approximate surface area is 161 Å². The van der Waals surface area contributed by atoms with Crippen LogP contribution in [0.2, 0.25) is 0 Å². The number of rotatable bonds is 6. The molecule has 1 aromatic carbocycles. The summed E-state index contributed by atoms with van der Waals surface area (Å²) in [4.78, 5) is 39.6. The minimum atomic E-state index is -0.522. The standard InChI is InChI=1S/C20H21NO5S/c1-14-3-2-4-15(11-14)20(24)26-13-17(22)18-6-5-16(27-18)12-19(23)21-7-9-25-10-8-21/h2-6,11H,7-10,12-13H2,1H3. The Hall–Kier alpha value is -2.51. The van der Waals surface area contributed by atoms with Crippen LogP contribution in [0.25, 0.3) is 0 Å². The summed E-state index contributed by atoms with van der Waals surface area (Å²) in [5.74, 6) is -0.762. The van der Waals surface area contributed by atoms with Crippen molar-refractivity contribution in [3.8, 4) is 0 Å². The van der Waals surface area contributed by atoms with Gasteiger partial charge in [-0.15, -0.1) is 11.3 Å². The molecule has 6 nitrogen and oxygen atoms in total. The number of hydrogen-bond donors (Lipinski definition) is 0. The van der Waals surface area contributed by atoms with Crippen molar-refractivity contribution < 1.29 is 23.9 Å². The molecule has 2 aromatic rings. The number of thiophene rings is 1. The molecule has 3 rings (SSSR count). The minimum absolute atomic E-state index is 0.0324. The highest BCUT2D eigenvalue weighted by molar-refractivity contribution is 7.14. The highest BCUT2D eigenvalue weighted by atomic mass is 32.1. The van der Waals surface area contributed by atoms with Crippen LogP contribution in [0.1, 0.15) is 30.5 Å². The number of ether oxygens (including phenoxy) is 2. The van der Waals surface area contributed by atoms with Gasteiger partial charge < -0.3 is 14.4 Å². The van der Waals surface area contributed by atoms with Gasteiger partial charge in [0.15, 0.2) is 6.61 Å². The van der Waals surface area contributed by atoms with Gasteiger partial charge in [-0.1, -0.05) is 17.7 Å². The normalized spacial score (nSPS) is 14.0. The molecule has 0 atom stereocenters. The van der Waals surface area contributed by atoms with E-state index in [0.29, 0.717) is 36.7 Å². The summed E-state index contributed by atoms with van der Waals surface area (Å²) in [5, 5.41) is 0. The summed E-state index contributed by atoms with van der Waals surface area (Å²) in [6, 6.07) is 10.5. The second kappa shape index (κ2) is 8.92. The van der Waals surface area contributed by atoms with Crippen molar-refractivity contribution >= 4 is 29.0 Å². The van der Waals surface area contributed by atoms with Gasteiger partial charge in [0.05, 0.1) is 30.1 Å². The van der Waals surface area contributed by atoms with Crippen LogP contribution in [0.5, 0.6) is 0 Å². The number of Topliss-reactive ketones (excluding diaryl/α,β-unsaturated/α-hetero) is 1. The third-order valence-corrected chi connectivity index (χ3v) is 5.34. The molecular weight excluding hydrogens is 366 g/mol. The van der Waals surface area contributed by atoms with E-state index in [1.54, 1.807) is 35.2 Å². The quantitative estimate of drug-likeness (QED) is 0.562. The van der Waals surface area contributed by atoms with Gasteiger partial charge in [-0.2, -0.15) is 0 Å². The average Bonchev–Trinajstić information content (AvgIpc) is 3.15. The van der Waals surface area contributed by atoms with Gasteiger partial charge in [0, 0.05) is 18.0 Å². The van der Waals surface area contributed by atoms with Gasteiger partial charge in [-0.3, -0.25) is 9.59 Å². The van der Waals surface area contributed by atoms with Crippen molar-refractivity contribution in [2.75, 3.05) is 32.9 Å². The molecule has 0 spiro atoms. The Morgan fingerprint density at radius 3 is 2.67 bits per heavy atom. The van der Waals surface area contributed by atoms with Gasteiger partial charge in [0.2, 0.25) is 11.7 Å². The molecule has 1 aliphatic rings. The lowest BCUT2D eigenvalue weighted by molar-refractivity contribution is -0.134. The molecule has 0 unspecified atom stereocenters. The van der Waals surface area contributed by atoms with Crippen LogP contribution >= 0.6 is 11.3 Å². The van der Waals surface area contributed by atoms with Crippen molar-refractivity contribution in [3.05, 3.63) is 57.3 Å². The van der Waals surface area contributed by atoms with Crippen molar-refractivity contribution in [2.24, 2.45) is 0 Å². The zero-order valence-corrected chi connectivity index (χ0v) is 15.9. The number of morpholine rings is 1. The van der Waals surface area contributed by atoms with Gasteiger partial charge in [0.1, 0.15) is 0 Å². The number of aryl methyl sites for hydroxylation is 1. The second-order valence-corrected chi connectivity index (χ2v) is 7.47. The van der Waals surface area contributed by atoms with Crippen LogP contribution in [0.15, 0.2) is 36.4 Å². The maximum Gasteiger partial charge on any atom is 0.338 e. The van der Waals surface area contributed by atoms with E-state index in [-0.39, 0.29) is 24.7 Å². The molecule has 27 heavy (non-hydrogen) atoms. The van der Waals surface area contributed by atoms with E-state index >= 15 is 0 Å². The minimum Gasteiger partial charge on any atom is -0.454 e. The number of carbonyl (C=O) groups is 3. The molecule has 142 valence electrons. The predicted octanol–water partition coefficient (Wildman–Crippen LogP) is 2.50. The fourth-order valence-electron chi connectivity index (χ4n) is 2.75. The number of benzene rings is 1. The first-order chi connectivity index (χ1) is 13.0. The van der Waals surface area contributed by atoms with Gasteiger partial charge in [-0.25, -0.2) is 4.79 Å².